The summed E-state index contributed by atoms with van der Waals surface area (Å²) in [6, 6.07) is 1.92. The highest BCUT2D eigenvalue weighted by Crippen LogP contribution is 2.29. The van der Waals surface area contributed by atoms with Gasteiger partial charge in [0.1, 0.15) is 11.6 Å². The SMILES string of the molecule is CC(C)NCC(F)(F)c1ccc(F)cc1F. The van der Waals surface area contributed by atoms with Crippen LogP contribution < -0.4 is 5.32 Å². The van der Waals surface area contributed by atoms with Crippen LogP contribution in [-0.2, 0) is 5.92 Å². The van der Waals surface area contributed by atoms with E-state index in [-0.39, 0.29) is 6.04 Å². The number of halogens is 4. The molecule has 0 atom stereocenters. The van der Waals surface area contributed by atoms with Gasteiger partial charge in [-0.15, -0.1) is 0 Å². The zero-order chi connectivity index (χ0) is 12.3. The van der Waals surface area contributed by atoms with E-state index in [0.29, 0.717) is 6.07 Å². The van der Waals surface area contributed by atoms with Gasteiger partial charge in [-0.05, 0) is 12.1 Å². The van der Waals surface area contributed by atoms with E-state index in [9.17, 15) is 17.6 Å². The molecular weight excluding hydrogens is 222 g/mol. The fourth-order valence-corrected chi connectivity index (χ4v) is 1.21. The van der Waals surface area contributed by atoms with Crippen molar-refractivity contribution in [2.75, 3.05) is 6.54 Å². The maximum atomic E-state index is 13.5. The van der Waals surface area contributed by atoms with Crippen LogP contribution in [0, 0.1) is 11.6 Å². The summed E-state index contributed by atoms with van der Waals surface area (Å²) in [7, 11) is 0. The summed E-state index contributed by atoms with van der Waals surface area (Å²) in [6.07, 6.45) is 0. The van der Waals surface area contributed by atoms with Gasteiger partial charge in [-0.3, -0.25) is 0 Å². The first-order valence-corrected chi connectivity index (χ1v) is 4.89. The van der Waals surface area contributed by atoms with Crippen molar-refractivity contribution < 1.29 is 17.6 Å². The number of rotatable bonds is 4. The van der Waals surface area contributed by atoms with E-state index >= 15 is 0 Å². The van der Waals surface area contributed by atoms with Gasteiger partial charge >= 0.3 is 0 Å². The first-order valence-electron chi connectivity index (χ1n) is 4.89. The predicted molar refractivity (Wildman–Crippen MR) is 53.4 cm³/mol. The molecule has 0 fully saturated rings. The van der Waals surface area contributed by atoms with E-state index in [4.69, 9.17) is 0 Å². The minimum absolute atomic E-state index is 0.130. The van der Waals surface area contributed by atoms with Crippen LogP contribution in [0.5, 0.6) is 0 Å². The Balaban J connectivity index is 2.88. The predicted octanol–water partition coefficient (Wildman–Crippen LogP) is 3.05. The molecule has 0 heterocycles. The third-order valence-corrected chi connectivity index (χ3v) is 2.06. The van der Waals surface area contributed by atoms with E-state index in [1.807, 2.05) is 0 Å². The van der Waals surface area contributed by atoms with Crippen LogP contribution in [0.1, 0.15) is 19.4 Å². The van der Waals surface area contributed by atoms with Crippen molar-refractivity contribution in [2.24, 2.45) is 0 Å². The van der Waals surface area contributed by atoms with Crippen molar-refractivity contribution in [1.29, 1.82) is 0 Å². The summed E-state index contributed by atoms with van der Waals surface area (Å²) in [5.41, 5.74) is -0.790. The summed E-state index contributed by atoms with van der Waals surface area (Å²) in [6.45, 7) is 2.74. The van der Waals surface area contributed by atoms with Gasteiger partial charge in [0.25, 0.3) is 5.92 Å². The molecule has 1 nitrogen and oxygen atoms in total. The molecule has 1 N–H and O–H groups in total. The number of alkyl halides is 2. The molecule has 0 aromatic heterocycles. The highest BCUT2D eigenvalue weighted by molar-refractivity contribution is 5.23. The average molecular weight is 235 g/mol. The smallest absolute Gasteiger partial charge is 0.288 e. The zero-order valence-corrected chi connectivity index (χ0v) is 9.03. The normalized spacial score (nSPS) is 12.2. The third kappa shape index (κ3) is 3.20. The van der Waals surface area contributed by atoms with Gasteiger partial charge in [0.2, 0.25) is 0 Å². The van der Waals surface area contributed by atoms with Crippen LogP contribution >= 0.6 is 0 Å². The molecule has 0 bridgehead atoms. The van der Waals surface area contributed by atoms with Crippen LogP contribution in [0.3, 0.4) is 0 Å². The van der Waals surface area contributed by atoms with E-state index in [0.717, 1.165) is 12.1 Å². The minimum atomic E-state index is -3.35. The molecule has 0 aliphatic heterocycles. The largest absolute Gasteiger partial charge is 0.309 e. The van der Waals surface area contributed by atoms with Crippen molar-refractivity contribution in [3.05, 3.63) is 35.4 Å². The topological polar surface area (TPSA) is 12.0 Å². The average Bonchev–Trinajstić information content (AvgIpc) is 2.14. The number of benzene rings is 1. The minimum Gasteiger partial charge on any atom is -0.309 e. The summed E-state index contributed by atoms with van der Waals surface area (Å²) in [5.74, 6) is -5.44. The fourth-order valence-electron chi connectivity index (χ4n) is 1.21. The van der Waals surface area contributed by atoms with Crippen LogP contribution in [0.4, 0.5) is 17.6 Å². The second-order valence-electron chi connectivity index (χ2n) is 3.86. The Kier molecular flexibility index (Phi) is 3.91. The Morgan fingerprint density at radius 2 is 1.88 bits per heavy atom. The molecule has 0 saturated carbocycles. The van der Waals surface area contributed by atoms with E-state index in [1.165, 1.54) is 0 Å². The third-order valence-electron chi connectivity index (χ3n) is 2.06. The van der Waals surface area contributed by atoms with Crippen LogP contribution in [-0.4, -0.2) is 12.6 Å². The number of nitrogens with one attached hydrogen (secondary N) is 1. The van der Waals surface area contributed by atoms with E-state index in [2.05, 4.69) is 5.32 Å². The van der Waals surface area contributed by atoms with Crippen LogP contribution in [0.2, 0.25) is 0 Å². The van der Waals surface area contributed by atoms with Crippen LogP contribution in [0.15, 0.2) is 18.2 Å². The lowest BCUT2D eigenvalue weighted by atomic mass is 10.1. The highest BCUT2D eigenvalue weighted by Gasteiger charge is 2.34. The molecule has 0 unspecified atom stereocenters. The molecule has 0 spiro atoms. The first-order chi connectivity index (χ1) is 7.33. The lowest BCUT2D eigenvalue weighted by Gasteiger charge is -2.19. The van der Waals surface area contributed by atoms with Gasteiger partial charge in [-0.25, -0.2) is 8.78 Å². The van der Waals surface area contributed by atoms with Gasteiger partial charge in [0.15, 0.2) is 0 Å². The Morgan fingerprint density at radius 1 is 1.25 bits per heavy atom. The van der Waals surface area contributed by atoms with Gasteiger partial charge in [0, 0.05) is 12.1 Å². The second-order valence-corrected chi connectivity index (χ2v) is 3.86. The van der Waals surface area contributed by atoms with Crippen LogP contribution in [0.25, 0.3) is 0 Å². The molecule has 1 aromatic rings. The molecule has 16 heavy (non-hydrogen) atoms. The lowest BCUT2D eigenvalue weighted by Crippen LogP contribution is -2.35. The second kappa shape index (κ2) is 4.82. The molecule has 0 aliphatic rings. The Labute approximate surface area is 91.5 Å². The van der Waals surface area contributed by atoms with Crippen molar-refractivity contribution in [2.45, 2.75) is 25.8 Å². The molecule has 0 radical (unpaired) electrons. The van der Waals surface area contributed by atoms with E-state index in [1.54, 1.807) is 13.8 Å². The Bertz CT molecular complexity index is 363. The first kappa shape index (κ1) is 13.0. The summed E-state index contributed by atoms with van der Waals surface area (Å²) in [5, 5.41) is 2.52. The van der Waals surface area contributed by atoms with E-state index < -0.39 is 29.7 Å². The fraction of sp³-hybridized carbons (Fsp3) is 0.455. The summed E-state index contributed by atoms with van der Waals surface area (Å²) >= 11 is 0. The standard InChI is InChI=1S/C11H13F4N/c1-7(2)16-6-11(14,15)9-4-3-8(12)5-10(9)13/h3-5,7,16H,6H2,1-2H3. The van der Waals surface area contributed by atoms with Crippen molar-refractivity contribution in [3.8, 4) is 0 Å². The van der Waals surface area contributed by atoms with Crippen molar-refractivity contribution >= 4 is 0 Å². The maximum absolute atomic E-state index is 13.5. The molecular formula is C11H13F4N. The van der Waals surface area contributed by atoms with Gasteiger partial charge in [0.05, 0.1) is 12.1 Å². The van der Waals surface area contributed by atoms with Gasteiger partial charge in [-0.2, -0.15) is 8.78 Å². The Morgan fingerprint density at radius 3 is 2.38 bits per heavy atom. The van der Waals surface area contributed by atoms with Gasteiger partial charge in [-0.1, -0.05) is 13.8 Å². The highest BCUT2D eigenvalue weighted by atomic mass is 19.3. The molecule has 0 aliphatic carbocycles. The van der Waals surface area contributed by atoms with Gasteiger partial charge < -0.3 is 5.32 Å². The van der Waals surface area contributed by atoms with Crippen molar-refractivity contribution in [3.63, 3.8) is 0 Å². The van der Waals surface area contributed by atoms with Crippen molar-refractivity contribution in [1.82, 2.24) is 5.32 Å². The molecule has 0 amide bonds. The summed E-state index contributed by atoms with van der Waals surface area (Å²) < 4.78 is 52.6. The lowest BCUT2D eigenvalue weighted by molar-refractivity contribution is -0.00830. The molecule has 0 saturated heterocycles. The quantitative estimate of drug-likeness (QED) is 0.791. The monoisotopic (exact) mass is 235 g/mol. The number of hydrogen-bond donors (Lipinski definition) is 1. The maximum Gasteiger partial charge on any atom is 0.288 e. The Hall–Kier alpha value is -1.10. The molecule has 5 heteroatoms. The zero-order valence-electron chi connectivity index (χ0n) is 9.03. The number of hydrogen-bond acceptors (Lipinski definition) is 1. The molecule has 1 aromatic carbocycles. The summed E-state index contributed by atoms with van der Waals surface area (Å²) in [4.78, 5) is 0. The molecule has 90 valence electrons. The molecule has 1 rings (SSSR count).